The highest BCUT2D eigenvalue weighted by molar-refractivity contribution is 6.28. The molecular weight excluding hydrogens is 387 g/mol. The van der Waals surface area contributed by atoms with Crippen molar-refractivity contribution < 1.29 is 41.0 Å². The van der Waals surface area contributed by atoms with E-state index in [-0.39, 0.29) is 28.0 Å². The predicted molar refractivity (Wildman–Crippen MR) is 86.3 cm³/mol. The van der Waals surface area contributed by atoms with Crippen LogP contribution in [0, 0.1) is 0 Å². The number of halogens is 5. The van der Waals surface area contributed by atoms with Gasteiger partial charge < -0.3 is 9.47 Å². The van der Waals surface area contributed by atoms with Gasteiger partial charge in [0.2, 0.25) is 0 Å². The molecule has 0 unspecified atom stereocenters. The molecule has 9 heteroatoms. The Morgan fingerprint density at radius 3 is 1.50 bits per heavy atom. The van der Waals surface area contributed by atoms with Crippen LogP contribution in [0.3, 0.4) is 0 Å². The van der Waals surface area contributed by atoms with E-state index in [1.165, 1.54) is 6.07 Å². The zero-order chi connectivity index (χ0) is 20.6. The van der Waals surface area contributed by atoms with Crippen LogP contribution >= 0.6 is 0 Å². The fourth-order valence-electron chi connectivity index (χ4n) is 2.55. The topological polar surface area (TPSA) is 52.6 Å². The van der Waals surface area contributed by atoms with Crippen LogP contribution in [-0.4, -0.2) is 11.6 Å². The zero-order valence-electron chi connectivity index (χ0n) is 14.0. The van der Waals surface area contributed by atoms with Crippen LogP contribution in [0.1, 0.15) is 38.8 Å². The molecule has 1 aliphatic rings. The first-order valence-corrected chi connectivity index (χ1v) is 7.65. The molecule has 0 radical (unpaired) electrons. The Kier molecular flexibility index (Phi) is 5.00. The predicted octanol–water partition coefficient (Wildman–Crippen LogP) is 5.38. The molecule has 2 aromatic rings. The molecule has 0 spiro atoms. The number of ketones is 2. The van der Waals surface area contributed by atoms with E-state index >= 15 is 0 Å². The fraction of sp³-hybridized carbons (Fsp3) is 0.0526. The van der Waals surface area contributed by atoms with Crippen molar-refractivity contribution in [1.29, 1.82) is 0 Å². The molecule has 0 bridgehead atoms. The Morgan fingerprint density at radius 2 is 1.11 bits per heavy atom. The normalized spacial score (nSPS) is 13.4. The van der Waals surface area contributed by atoms with E-state index in [9.17, 15) is 31.5 Å². The quantitative estimate of drug-likeness (QED) is 0.439. The van der Waals surface area contributed by atoms with Crippen molar-refractivity contribution in [3.8, 4) is 11.5 Å². The molecule has 3 rings (SSSR count). The third kappa shape index (κ3) is 3.51. The molecule has 1 aliphatic carbocycles. The summed E-state index contributed by atoms with van der Waals surface area (Å²) in [4.78, 5) is 25.3. The fourth-order valence-corrected chi connectivity index (χ4v) is 2.55. The smallest absolute Gasteiger partial charge is 0.344 e. The number of carbonyl (C=O) groups excluding carboxylic acids is 2. The van der Waals surface area contributed by atoms with Crippen molar-refractivity contribution in [3.05, 3.63) is 82.6 Å². The van der Waals surface area contributed by atoms with Crippen LogP contribution in [0.4, 0.5) is 22.0 Å². The van der Waals surface area contributed by atoms with Crippen molar-refractivity contribution in [2.45, 2.75) is 6.92 Å². The molecule has 4 nitrogen and oxygen atoms in total. The molecule has 0 atom stereocenters. The van der Waals surface area contributed by atoms with Crippen molar-refractivity contribution in [1.82, 2.24) is 0 Å². The molecule has 0 amide bonds. The lowest BCUT2D eigenvalue weighted by atomic mass is 9.84. The van der Waals surface area contributed by atoms with Gasteiger partial charge in [-0.25, -0.2) is 4.39 Å². The van der Waals surface area contributed by atoms with Gasteiger partial charge in [-0.05, 0) is 43.3 Å². The Hall–Kier alpha value is -3.49. The minimum absolute atomic E-state index is 0.0731. The van der Waals surface area contributed by atoms with E-state index in [1.54, 1.807) is 0 Å². The SMILES string of the molecule is C/C(F)=C(/F)Oc1ccc2c(c1)C(=O)c1ccc(OC(F)=C(F)F)cc1C2=O. The minimum atomic E-state index is -2.68. The summed E-state index contributed by atoms with van der Waals surface area (Å²) >= 11 is 0. The van der Waals surface area contributed by atoms with Crippen LogP contribution < -0.4 is 9.47 Å². The average Bonchev–Trinajstić information content (AvgIpc) is 2.65. The van der Waals surface area contributed by atoms with E-state index in [4.69, 9.17) is 0 Å². The van der Waals surface area contributed by atoms with Gasteiger partial charge in [-0.15, -0.1) is 0 Å². The Labute approximate surface area is 154 Å². The standard InChI is InChI=1S/C19H9F5O4/c1-8(20)18(23)27-9-2-4-11-13(6-9)15(25)12-5-3-10(7-14(12)16(11)26)28-19(24)17(21)22/h2-7H,1H3/b18-8+. The van der Waals surface area contributed by atoms with Gasteiger partial charge in [-0.1, -0.05) is 0 Å². The molecule has 0 aliphatic heterocycles. The van der Waals surface area contributed by atoms with Gasteiger partial charge in [0.15, 0.2) is 17.4 Å². The molecule has 0 N–H and O–H groups in total. The maximum absolute atomic E-state index is 13.3. The highest BCUT2D eigenvalue weighted by atomic mass is 19.3. The molecule has 0 saturated heterocycles. The number of hydrogen-bond donors (Lipinski definition) is 0. The van der Waals surface area contributed by atoms with Crippen LogP contribution in [0.15, 0.2) is 60.3 Å². The van der Waals surface area contributed by atoms with Gasteiger partial charge in [-0.2, -0.15) is 17.6 Å². The summed E-state index contributed by atoms with van der Waals surface area (Å²) in [6.45, 7) is 0.838. The monoisotopic (exact) mass is 396 g/mol. The first kappa shape index (κ1) is 19.3. The first-order chi connectivity index (χ1) is 13.2. The summed E-state index contributed by atoms with van der Waals surface area (Å²) in [5, 5.41) is 0. The number of carbonyl (C=O) groups is 2. The van der Waals surface area contributed by atoms with Crippen molar-refractivity contribution >= 4 is 11.6 Å². The molecule has 28 heavy (non-hydrogen) atoms. The summed E-state index contributed by atoms with van der Waals surface area (Å²) in [5.41, 5.74) is -0.462. The average molecular weight is 396 g/mol. The van der Waals surface area contributed by atoms with E-state index in [2.05, 4.69) is 9.47 Å². The van der Waals surface area contributed by atoms with Crippen molar-refractivity contribution in [3.63, 3.8) is 0 Å². The summed E-state index contributed by atoms with van der Waals surface area (Å²) in [6, 6.07) is 2.88. The lowest BCUT2D eigenvalue weighted by Crippen LogP contribution is -2.21. The third-order valence-electron chi connectivity index (χ3n) is 3.79. The maximum atomic E-state index is 13.3. The van der Waals surface area contributed by atoms with Gasteiger partial charge in [0.1, 0.15) is 11.5 Å². The number of allylic oxidation sites excluding steroid dienone is 1. The minimum Gasteiger partial charge on any atom is -0.430 e. The lowest BCUT2D eigenvalue weighted by molar-refractivity contribution is 0.0978. The largest absolute Gasteiger partial charge is 0.430 e. The number of fused-ring (bicyclic) bond motifs is 2. The van der Waals surface area contributed by atoms with E-state index in [0.29, 0.717) is 0 Å². The highest BCUT2D eigenvalue weighted by Crippen LogP contribution is 2.33. The van der Waals surface area contributed by atoms with Crippen molar-refractivity contribution in [2.24, 2.45) is 0 Å². The molecule has 0 fully saturated rings. The Balaban J connectivity index is 2.00. The second kappa shape index (κ2) is 7.26. The molecule has 2 aromatic carbocycles. The summed E-state index contributed by atoms with van der Waals surface area (Å²) in [7, 11) is 0. The van der Waals surface area contributed by atoms with E-state index < -0.39 is 41.2 Å². The summed E-state index contributed by atoms with van der Waals surface area (Å²) in [5.74, 6) is -3.12. The van der Waals surface area contributed by atoms with Gasteiger partial charge >= 0.3 is 18.1 Å². The van der Waals surface area contributed by atoms with Crippen LogP contribution in [0.5, 0.6) is 11.5 Å². The summed E-state index contributed by atoms with van der Waals surface area (Å²) in [6.07, 6.45) is -2.68. The molecule has 0 heterocycles. The van der Waals surface area contributed by atoms with Gasteiger partial charge in [-0.3, -0.25) is 9.59 Å². The Morgan fingerprint density at radius 1 is 0.679 bits per heavy atom. The van der Waals surface area contributed by atoms with Gasteiger partial charge in [0, 0.05) is 22.3 Å². The zero-order valence-corrected chi connectivity index (χ0v) is 14.0. The van der Waals surface area contributed by atoms with Crippen LogP contribution in [-0.2, 0) is 0 Å². The Bertz CT molecular complexity index is 978. The number of ether oxygens (including phenoxy) is 2. The summed E-state index contributed by atoms with van der Waals surface area (Å²) < 4.78 is 72.3. The van der Waals surface area contributed by atoms with Crippen molar-refractivity contribution in [2.75, 3.05) is 0 Å². The van der Waals surface area contributed by atoms with Crippen LogP contribution in [0.25, 0.3) is 0 Å². The highest BCUT2D eigenvalue weighted by Gasteiger charge is 2.31. The van der Waals surface area contributed by atoms with Crippen LogP contribution in [0.2, 0.25) is 0 Å². The number of benzene rings is 2. The first-order valence-electron chi connectivity index (χ1n) is 7.65. The number of hydrogen-bond acceptors (Lipinski definition) is 4. The van der Waals surface area contributed by atoms with E-state index in [1.807, 2.05) is 0 Å². The van der Waals surface area contributed by atoms with E-state index in [0.717, 1.165) is 37.3 Å². The number of rotatable bonds is 4. The molecule has 0 saturated carbocycles. The molecule has 144 valence electrons. The molecule has 0 aromatic heterocycles. The van der Waals surface area contributed by atoms with Gasteiger partial charge in [0.05, 0.1) is 0 Å². The second-order valence-electron chi connectivity index (χ2n) is 5.62. The second-order valence-corrected chi connectivity index (χ2v) is 5.62. The van der Waals surface area contributed by atoms with Gasteiger partial charge in [0.25, 0.3) is 0 Å². The molecular formula is C19H9F5O4. The maximum Gasteiger partial charge on any atom is 0.344 e. The third-order valence-corrected chi connectivity index (χ3v) is 3.79. The lowest BCUT2D eigenvalue weighted by Gasteiger charge is -2.18.